The molecule has 1 heterocycles. The van der Waals surface area contributed by atoms with Gasteiger partial charge in [-0.2, -0.15) is 4.31 Å². The van der Waals surface area contributed by atoms with Gasteiger partial charge in [0.15, 0.2) is 0 Å². The average Bonchev–Trinajstić information content (AvgIpc) is 2.46. The molecule has 2 N–H and O–H groups in total. The van der Waals surface area contributed by atoms with Crippen LogP contribution < -0.4 is 10.5 Å². The van der Waals surface area contributed by atoms with Gasteiger partial charge >= 0.3 is 6.36 Å². The minimum absolute atomic E-state index is 0. The molecule has 10 heteroatoms. The van der Waals surface area contributed by atoms with E-state index in [1.165, 1.54) is 16.4 Å². The van der Waals surface area contributed by atoms with E-state index in [4.69, 9.17) is 5.73 Å². The van der Waals surface area contributed by atoms with Gasteiger partial charge in [0.2, 0.25) is 10.0 Å². The molecule has 0 saturated carbocycles. The summed E-state index contributed by atoms with van der Waals surface area (Å²) < 4.78 is 66.7. The summed E-state index contributed by atoms with van der Waals surface area (Å²) in [4.78, 5) is -0.216. The largest absolute Gasteiger partial charge is 0.573 e. The second kappa shape index (κ2) is 7.69. The van der Waals surface area contributed by atoms with Crippen LogP contribution >= 0.6 is 12.4 Å². The normalized spacial score (nSPS) is 19.9. The number of benzene rings is 1. The van der Waals surface area contributed by atoms with Crippen molar-refractivity contribution >= 4 is 22.4 Å². The van der Waals surface area contributed by atoms with E-state index in [9.17, 15) is 21.6 Å². The molecule has 1 fully saturated rings. The number of sulfonamides is 1. The number of hydrogen-bond donors (Lipinski definition) is 1. The van der Waals surface area contributed by atoms with Gasteiger partial charge in [-0.05, 0) is 37.4 Å². The molecule has 0 aromatic heterocycles. The molecule has 1 aliphatic rings. The minimum atomic E-state index is -4.86. The molecular formula is C13H18ClF3N2O3S. The Morgan fingerprint density at radius 3 is 2.65 bits per heavy atom. The highest BCUT2D eigenvalue weighted by molar-refractivity contribution is 7.89. The lowest BCUT2D eigenvalue weighted by molar-refractivity contribution is -0.274. The third kappa shape index (κ3) is 5.23. The minimum Gasteiger partial charge on any atom is -0.406 e. The van der Waals surface area contributed by atoms with Gasteiger partial charge in [-0.15, -0.1) is 25.6 Å². The van der Waals surface area contributed by atoms with Crippen molar-refractivity contribution in [1.82, 2.24) is 4.31 Å². The molecule has 5 nitrogen and oxygen atoms in total. The van der Waals surface area contributed by atoms with Crippen LogP contribution in [0.25, 0.3) is 0 Å². The number of rotatable bonds is 4. The van der Waals surface area contributed by atoms with Gasteiger partial charge in [-0.25, -0.2) is 8.42 Å². The highest BCUT2D eigenvalue weighted by atomic mass is 35.5. The van der Waals surface area contributed by atoms with Crippen LogP contribution in [0.15, 0.2) is 29.2 Å². The van der Waals surface area contributed by atoms with Crippen LogP contribution in [0, 0.1) is 5.92 Å². The van der Waals surface area contributed by atoms with Crippen LogP contribution in [0.3, 0.4) is 0 Å². The third-order valence-electron chi connectivity index (χ3n) is 3.49. The average molecular weight is 375 g/mol. The molecule has 2 rings (SSSR count). The molecule has 1 aromatic rings. The fourth-order valence-electron chi connectivity index (χ4n) is 2.42. The molecule has 1 saturated heterocycles. The molecule has 132 valence electrons. The predicted molar refractivity (Wildman–Crippen MR) is 80.9 cm³/mol. The molecule has 1 aromatic carbocycles. The number of ether oxygens (including phenoxy) is 1. The van der Waals surface area contributed by atoms with Gasteiger partial charge in [-0.3, -0.25) is 0 Å². The van der Waals surface area contributed by atoms with Gasteiger partial charge in [-0.1, -0.05) is 6.07 Å². The van der Waals surface area contributed by atoms with E-state index in [0.717, 1.165) is 18.6 Å². The Hall–Kier alpha value is -1.03. The zero-order valence-electron chi connectivity index (χ0n) is 12.1. The lowest BCUT2D eigenvalue weighted by Gasteiger charge is -2.31. The molecule has 0 spiro atoms. The Labute approximate surface area is 139 Å². The number of alkyl halides is 3. The fourth-order valence-corrected chi connectivity index (χ4v) is 4.01. The zero-order valence-corrected chi connectivity index (χ0v) is 13.8. The summed E-state index contributed by atoms with van der Waals surface area (Å²) in [5.41, 5.74) is 5.57. The molecule has 0 amide bonds. The molecule has 0 aliphatic carbocycles. The number of nitrogens with two attached hydrogens (primary N) is 1. The van der Waals surface area contributed by atoms with E-state index in [2.05, 4.69) is 4.74 Å². The molecule has 0 bridgehead atoms. The summed E-state index contributed by atoms with van der Waals surface area (Å²) in [5, 5.41) is 0. The zero-order chi connectivity index (χ0) is 16.4. The van der Waals surface area contributed by atoms with Crippen molar-refractivity contribution in [3.8, 4) is 5.75 Å². The Morgan fingerprint density at radius 1 is 1.35 bits per heavy atom. The van der Waals surface area contributed by atoms with E-state index >= 15 is 0 Å². The van der Waals surface area contributed by atoms with Crippen LogP contribution in [0.5, 0.6) is 5.75 Å². The first kappa shape index (κ1) is 20.0. The molecule has 1 aliphatic heterocycles. The smallest absolute Gasteiger partial charge is 0.406 e. The second-order valence-electron chi connectivity index (χ2n) is 5.13. The van der Waals surface area contributed by atoms with E-state index in [1.807, 2.05) is 0 Å². The standard InChI is InChI=1S/C13H17F3N2O3S.ClH/c14-13(15,16)21-11-4-1-5-12(7-11)22(19,20)18-6-2-3-10(8-17)9-18;/h1,4-5,7,10H,2-3,6,8-9,17H2;1H. The SMILES string of the molecule is Cl.NCC1CCCN(S(=O)(=O)c2cccc(OC(F)(F)F)c2)C1. The van der Waals surface area contributed by atoms with E-state index < -0.39 is 22.1 Å². The van der Waals surface area contributed by atoms with Crippen LogP contribution in [0.2, 0.25) is 0 Å². The summed E-state index contributed by atoms with van der Waals surface area (Å²) in [7, 11) is -3.85. The number of halogens is 4. The number of piperidine rings is 1. The summed E-state index contributed by atoms with van der Waals surface area (Å²) >= 11 is 0. The van der Waals surface area contributed by atoms with Gasteiger partial charge in [0, 0.05) is 19.2 Å². The molecule has 23 heavy (non-hydrogen) atoms. The van der Waals surface area contributed by atoms with Crippen molar-refractivity contribution in [3.63, 3.8) is 0 Å². The lowest BCUT2D eigenvalue weighted by Crippen LogP contribution is -2.41. The third-order valence-corrected chi connectivity index (χ3v) is 5.35. The van der Waals surface area contributed by atoms with Gasteiger partial charge in [0.05, 0.1) is 4.90 Å². The number of hydrogen-bond acceptors (Lipinski definition) is 4. The molecular weight excluding hydrogens is 357 g/mol. The van der Waals surface area contributed by atoms with Crippen LogP contribution in [-0.4, -0.2) is 38.7 Å². The Morgan fingerprint density at radius 2 is 2.04 bits per heavy atom. The number of nitrogens with zero attached hydrogens (tertiary/aromatic N) is 1. The van der Waals surface area contributed by atoms with Crippen molar-refractivity contribution in [1.29, 1.82) is 0 Å². The van der Waals surface area contributed by atoms with Gasteiger partial charge in [0.25, 0.3) is 0 Å². The summed E-state index contributed by atoms with van der Waals surface area (Å²) in [6, 6.07) is 4.42. The summed E-state index contributed by atoms with van der Waals surface area (Å²) in [6.07, 6.45) is -3.34. The molecule has 1 atom stereocenters. The Kier molecular flexibility index (Phi) is 6.70. The van der Waals surface area contributed by atoms with Crippen molar-refractivity contribution < 1.29 is 26.3 Å². The van der Waals surface area contributed by atoms with Crippen LogP contribution in [0.1, 0.15) is 12.8 Å². The van der Waals surface area contributed by atoms with Gasteiger partial charge in [0.1, 0.15) is 5.75 Å². The van der Waals surface area contributed by atoms with Crippen molar-refractivity contribution in [2.45, 2.75) is 24.1 Å². The van der Waals surface area contributed by atoms with Crippen LogP contribution in [-0.2, 0) is 10.0 Å². The highest BCUT2D eigenvalue weighted by Gasteiger charge is 2.33. The molecule has 1 unspecified atom stereocenters. The van der Waals surface area contributed by atoms with E-state index in [-0.39, 0.29) is 29.8 Å². The quantitative estimate of drug-likeness (QED) is 0.878. The first-order chi connectivity index (χ1) is 10.2. The topological polar surface area (TPSA) is 72.6 Å². The second-order valence-corrected chi connectivity index (χ2v) is 7.07. The maximum absolute atomic E-state index is 12.5. The first-order valence-corrected chi connectivity index (χ1v) is 8.22. The fraction of sp³-hybridized carbons (Fsp3) is 0.538. The van der Waals surface area contributed by atoms with Gasteiger partial charge < -0.3 is 10.5 Å². The maximum Gasteiger partial charge on any atom is 0.573 e. The van der Waals surface area contributed by atoms with Crippen molar-refractivity contribution in [3.05, 3.63) is 24.3 Å². The summed E-state index contributed by atoms with van der Waals surface area (Å²) in [6.45, 7) is 0.996. The highest BCUT2D eigenvalue weighted by Crippen LogP contribution is 2.28. The predicted octanol–water partition coefficient (Wildman–Crippen LogP) is 2.37. The van der Waals surface area contributed by atoms with Crippen LogP contribution in [0.4, 0.5) is 13.2 Å². The van der Waals surface area contributed by atoms with E-state index in [1.54, 1.807) is 0 Å². The lowest BCUT2D eigenvalue weighted by atomic mass is 10.0. The first-order valence-electron chi connectivity index (χ1n) is 6.78. The van der Waals surface area contributed by atoms with E-state index in [0.29, 0.717) is 19.5 Å². The Balaban J connectivity index is 0.00000264. The summed E-state index contributed by atoms with van der Waals surface area (Å²) in [5.74, 6) is -0.487. The van der Waals surface area contributed by atoms with Crippen molar-refractivity contribution in [2.75, 3.05) is 19.6 Å². The molecule has 0 radical (unpaired) electrons. The van der Waals surface area contributed by atoms with Crippen molar-refractivity contribution in [2.24, 2.45) is 11.7 Å². The monoisotopic (exact) mass is 374 g/mol. The maximum atomic E-state index is 12.5. The Bertz CT molecular complexity index is 625.